The molecule has 0 bridgehead atoms. The fraction of sp³-hybridized carbons (Fsp3) is 0.611. The van der Waals surface area contributed by atoms with E-state index in [1.807, 2.05) is 0 Å². The van der Waals surface area contributed by atoms with Crippen LogP contribution in [-0.4, -0.2) is 37.7 Å². The predicted octanol–water partition coefficient (Wildman–Crippen LogP) is 1.71. The van der Waals surface area contributed by atoms with E-state index in [0.29, 0.717) is 0 Å². The second-order valence-corrected chi connectivity index (χ2v) is 7.05. The maximum atomic E-state index is 12.4. The van der Waals surface area contributed by atoms with E-state index >= 15 is 0 Å². The summed E-state index contributed by atoms with van der Waals surface area (Å²) in [5, 5.41) is 0. The van der Waals surface area contributed by atoms with E-state index in [1.54, 1.807) is 41.5 Å². The molecule has 0 saturated carbocycles. The van der Waals surface area contributed by atoms with Crippen LogP contribution in [0, 0.1) is 34.5 Å². The van der Waals surface area contributed by atoms with Crippen molar-refractivity contribution in [1.82, 2.24) is 0 Å². The minimum absolute atomic E-state index is 0.573. The maximum absolute atomic E-state index is 12.4. The zero-order valence-electron chi connectivity index (χ0n) is 15.4. The van der Waals surface area contributed by atoms with Crippen LogP contribution < -0.4 is 0 Å². The molecule has 0 aliphatic heterocycles. The topological polar surface area (TPSA) is 78.9 Å². The van der Waals surface area contributed by atoms with Crippen LogP contribution in [0.5, 0.6) is 0 Å². The first-order chi connectivity index (χ1) is 10.8. The van der Waals surface area contributed by atoms with Gasteiger partial charge in [-0.2, -0.15) is 0 Å². The van der Waals surface area contributed by atoms with Gasteiger partial charge in [-0.25, -0.2) is 9.59 Å². The maximum Gasteiger partial charge on any atom is 0.384 e. The third kappa shape index (κ3) is 5.96. The summed E-state index contributed by atoms with van der Waals surface area (Å²) < 4.78 is 14.5. The second kappa shape index (κ2) is 7.88. The minimum atomic E-state index is -1.69. The highest BCUT2D eigenvalue weighted by Gasteiger charge is 2.45. The van der Waals surface area contributed by atoms with E-state index in [0.717, 1.165) is 0 Å². The Hall–Kier alpha value is -2.47. The van der Waals surface area contributed by atoms with E-state index in [9.17, 15) is 14.4 Å². The molecule has 0 N–H and O–H groups in total. The highest BCUT2D eigenvalue weighted by molar-refractivity contribution is 5.90. The van der Waals surface area contributed by atoms with Gasteiger partial charge in [-0.15, -0.1) is 0 Å². The van der Waals surface area contributed by atoms with Gasteiger partial charge in [0.25, 0.3) is 0 Å². The number of methoxy groups -OCH3 is 2. The second-order valence-electron chi connectivity index (χ2n) is 7.05. The Balaban J connectivity index is 6.28. The first kappa shape index (κ1) is 21.5. The molecule has 6 heteroatoms. The first-order valence-corrected chi connectivity index (χ1v) is 7.25. The number of ether oxygens (including phenoxy) is 3. The van der Waals surface area contributed by atoms with Crippen molar-refractivity contribution >= 4 is 17.9 Å². The number of carbonyl (C=O) groups excluding carboxylic acids is 3. The zero-order valence-corrected chi connectivity index (χ0v) is 15.4. The van der Waals surface area contributed by atoms with Gasteiger partial charge in [-0.3, -0.25) is 4.79 Å². The Morgan fingerprint density at radius 1 is 0.750 bits per heavy atom. The summed E-state index contributed by atoms with van der Waals surface area (Å²) in [6.07, 6.45) is 0. The molecule has 0 radical (unpaired) electrons. The van der Waals surface area contributed by atoms with Crippen LogP contribution in [0.2, 0.25) is 0 Å². The van der Waals surface area contributed by atoms with E-state index in [1.165, 1.54) is 14.2 Å². The van der Waals surface area contributed by atoms with E-state index in [4.69, 9.17) is 4.74 Å². The van der Waals surface area contributed by atoms with Gasteiger partial charge in [0.05, 0.1) is 19.6 Å². The van der Waals surface area contributed by atoms with Crippen molar-refractivity contribution in [2.24, 2.45) is 10.8 Å². The normalized spacial score (nSPS) is 11.2. The van der Waals surface area contributed by atoms with Crippen molar-refractivity contribution in [3.63, 3.8) is 0 Å². The van der Waals surface area contributed by atoms with Gasteiger partial charge in [0.2, 0.25) is 5.60 Å². The van der Waals surface area contributed by atoms with Crippen molar-refractivity contribution in [1.29, 1.82) is 0 Å². The lowest BCUT2D eigenvalue weighted by Gasteiger charge is -2.37. The van der Waals surface area contributed by atoms with Crippen molar-refractivity contribution in [2.75, 3.05) is 14.2 Å². The van der Waals surface area contributed by atoms with E-state index < -0.39 is 34.3 Å². The molecule has 0 aliphatic carbocycles. The van der Waals surface area contributed by atoms with Crippen molar-refractivity contribution in [2.45, 2.75) is 47.1 Å². The number of rotatable bonds is 1. The molecule has 0 spiro atoms. The van der Waals surface area contributed by atoms with Crippen LogP contribution in [-0.2, 0) is 28.6 Å². The Morgan fingerprint density at radius 2 is 1.12 bits per heavy atom. The fourth-order valence-electron chi connectivity index (χ4n) is 1.28. The molecule has 0 aromatic carbocycles. The smallest absolute Gasteiger partial charge is 0.384 e. The molecule has 0 heterocycles. The highest BCUT2D eigenvalue weighted by Crippen LogP contribution is 2.35. The molecule has 0 unspecified atom stereocenters. The van der Waals surface area contributed by atoms with Gasteiger partial charge in [0.1, 0.15) is 0 Å². The van der Waals surface area contributed by atoms with Gasteiger partial charge in [0.15, 0.2) is 0 Å². The zero-order chi connectivity index (χ0) is 19.2. The monoisotopic (exact) mass is 336 g/mol. The minimum Gasteiger partial charge on any atom is -0.459 e. The molecule has 0 aromatic heterocycles. The van der Waals surface area contributed by atoms with Crippen molar-refractivity contribution in [3.8, 4) is 23.7 Å². The fourth-order valence-corrected chi connectivity index (χ4v) is 1.28. The molecular formula is C18H24O6. The summed E-state index contributed by atoms with van der Waals surface area (Å²) >= 11 is 0. The Kier molecular flexibility index (Phi) is 7.07. The molecule has 0 atom stereocenters. The van der Waals surface area contributed by atoms with E-state index in [-0.39, 0.29) is 0 Å². The average Bonchev–Trinajstić information content (AvgIpc) is 2.46. The highest BCUT2D eigenvalue weighted by atomic mass is 16.6. The van der Waals surface area contributed by atoms with Gasteiger partial charge in [-0.1, -0.05) is 20.8 Å². The lowest BCUT2D eigenvalue weighted by atomic mass is 9.76. The summed E-state index contributed by atoms with van der Waals surface area (Å²) in [4.78, 5) is 35.1. The molecular weight excluding hydrogens is 312 g/mol. The SMILES string of the molecule is COC(=O)C#CC(C#CC(=O)OC)(OC(=O)C(C)(C)C)C(C)(C)C. The number of carbonyl (C=O) groups is 3. The van der Waals surface area contributed by atoms with Gasteiger partial charge < -0.3 is 14.2 Å². The molecule has 6 nitrogen and oxygen atoms in total. The molecule has 0 saturated heterocycles. The summed E-state index contributed by atoms with van der Waals surface area (Å²) in [6, 6.07) is 0. The molecule has 0 aliphatic rings. The third-order valence-corrected chi connectivity index (χ3v) is 2.97. The van der Waals surface area contributed by atoms with Crippen LogP contribution in [0.3, 0.4) is 0 Å². The number of hydrogen-bond donors (Lipinski definition) is 0. The number of hydrogen-bond acceptors (Lipinski definition) is 6. The molecule has 0 amide bonds. The molecule has 0 aromatic rings. The number of esters is 3. The predicted molar refractivity (Wildman–Crippen MR) is 87.3 cm³/mol. The van der Waals surface area contributed by atoms with Crippen LogP contribution in [0.4, 0.5) is 0 Å². The Labute approximate surface area is 143 Å². The Bertz CT molecular complexity index is 589. The summed E-state index contributed by atoms with van der Waals surface area (Å²) in [5.74, 6) is 7.39. The van der Waals surface area contributed by atoms with Crippen molar-refractivity contribution in [3.05, 3.63) is 0 Å². The van der Waals surface area contributed by atoms with E-state index in [2.05, 4.69) is 33.2 Å². The van der Waals surface area contributed by atoms with Gasteiger partial charge in [0, 0.05) is 17.3 Å². The lowest BCUT2D eigenvalue weighted by Crippen LogP contribution is -2.47. The summed E-state index contributed by atoms with van der Waals surface area (Å²) in [5.41, 5.74) is -3.34. The van der Waals surface area contributed by atoms with Crippen LogP contribution in [0.15, 0.2) is 0 Å². The largest absolute Gasteiger partial charge is 0.459 e. The molecule has 24 heavy (non-hydrogen) atoms. The van der Waals surface area contributed by atoms with Gasteiger partial charge >= 0.3 is 17.9 Å². The molecule has 0 fully saturated rings. The quantitative estimate of drug-likeness (QED) is 0.314. The van der Waals surface area contributed by atoms with Crippen LogP contribution >= 0.6 is 0 Å². The first-order valence-electron chi connectivity index (χ1n) is 7.25. The molecule has 132 valence electrons. The van der Waals surface area contributed by atoms with Crippen molar-refractivity contribution < 1.29 is 28.6 Å². The van der Waals surface area contributed by atoms with Crippen LogP contribution in [0.1, 0.15) is 41.5 Å². The van der Waals surface area contributed by atoms with Gasteiger partial charge in [-0.05, 0) is 32.6 Å². The summed E-state index contributed by atoms with van der Waals surface area (Å²) in [7, 11) is 2.36. The lowest BCUT2D eigenvalue weighted by molar-refractivity contribution is -0.166. The standard InChI is InChI=1S/C18H24O6/c1-16(2,3)15(21)24-18(17(4,5)6,11-9-13(19)22-7)12-10-14(20)23-8/h1-8H3. The Morgan fingerprint density at radius 3 is 1.38 bits per heavy atom. The molecule has 0 rings (SSSR count). The summed E-state index contributed by atoms with van der Waals surface area (Å²) in [6.45, 7) is 10.2. The average molecular weight is 336 g/mol. The van der Waals surface area contributed by atoms with Crippen LogP contribution in [0.25, 0.3) is 0 Å². The third-order valence-electron chi connectivity index (χ3n) is 2.97.